The second-order valence-electron chi connectivity index (χ2n) is 7.43. The fraction of sp³-hybridized carbons (Fsp3) is 0.364. The number of halogens is 2. The Bertz CT molecular complexity index is 898. The van der Waals surface area contributed by atoms with Gasteiger partial charge in [0.15, 0.2) is 6.61 Å². The van der Waals surface area contributed by atoms with Gasteiger partial charge in [0.2, 0.25) is 5.91 Å². The van der Waals surface area contributed by atoms with Crippen molar-refractivity contribution in [3.05, 3.63) is 64.1 Å². The number of carbonyl (C=O) groups is 2. The Hall–Kier alpha value is -2.24. The molecular formula is C22H22Cl2N2O3. The normalized spacial score (nSPS) is 21.0. The molecule has 7 heteroatoms. The van der Waals surface area contributed by atoms with Crippen LogP contribution in [-0.4, -0.2) is 54.4 Å². The van der Waals surface area contributed by atoms with Gasteiger partial charge in [0.05, 0.1) is 5.02 Å². The third kappa shape index (κ3) is 4.68. The lowest BCUT2D eigenvalue weighted by atomic mass is 10.1. The third-order valence-corrected chi connectivity index (χ3v) is 6.05. The molecule has 0 radical (unpaired) electrons. The number of hydrogen-bond donors (Lipinski definition) is 0. The average molecular weight is 433 g/mol. The van der Waals surface area contributed by atoms with Gasteiger partial charge in [0, 0.05) is 37.1 Å². The molecule has 29 heavy (non-hydrogen) atoms. The van der Waals surface area contributed by atoms with Crippen LogP contribution in [-0.2, 0) is 9.59 Å². The lowest BCUT2D eigenvalue weighted by molar-refractivity contribution is -0.141. The molecule has 2 aromatic rings. The van der Waals surface area contributed by atoms with Crippen molar-refractivity contribution in [1.29, 1.82) is 0 Å². The van der Waals surface area contributed by atoms with Crippen LogP contribution >= 0.6 is 23.2 Å². The zero-order valence-corrected chi connectivity index (χ0v) is 17.4. The number of carbonyl (C=O) groups excluding carboxylic acids is 2. The fourth-order valence-electron chi connectivity index (χ4n) is 3.77. The van der Waals surface area contributed by atoms with Crippen molar-refractivity contribution < 1.29 is 14.3 Å². The van der Waals surface area contributed by atoms with Crippen LogP contribution in [0.15, 0.2) is 48.5 Å². The van der Waals surface area contributed by atoms with Gasteiger partial charge in [-0.25, -0.2) is 0 Å². The van der Waals surface area contributed by atoms with Crippen molar-refractivity contribution >= 4 is 35.0 Å². The zero-order valence-electron chi connectivity index (χ0n) is 15.9. The van der Waals surface area contributed by atoms with Crippen molar-refractivity contribution in [1.82, 2.24) is 9.80 Å². The Kier molecular flexibility index (Phi) is 5.97. The molecular weight excluding hydrogens is 411 g/mol. The summed E-state index contributed by atoms with van der Waals surface area (Å²) in [5, 5.41) is 0.887. The summed E-state index contributed by atoms with van der Waals surface area (Å²) in [6.45, 7) is 2.07. The van der Waals surface area contributed by atoms with Gasteiger partial charge in [-0.1, -0.05) is 53.5 Å². The van der Waals surface area contributed by atoms with E-state index in [9.17, 15) is 9.59 Å². The van der Waals surface area contributed by atoms with Gasteiger partial charge in [0.1, 0.15) is 5.75 Å². The molecule has 4 rings (SSSR count). The number of ether oxygens (including phenoxy) is 1. The maximum atomic E-state index is 12.8. The second-order valence-corrected chi connectivity index (χ2v) is 8.27. The van der Waals surface area contributed by atoms with E-state index in [1.165, 1.54) is 5.56 Å². The maximum absolute atomic E-state index is 12.8. The van der Waals surface area contributed by atoms with Gasteiger partial charge >= 0.3 is 0 Å². The highest BCUT2D eigenvalue weighted by Crippen LogP contribution is 2.48. The first-order valence-electron chi connectivity index (χ1n) is 9.72. The van der Waals surface area contributed by atoms with E-state index in [0.717, 1.165) is 6.42 Å². The van der Waals surface area contributed by atoms with Crippen molar-refractivity contribution in [2.24, 2.45) is 5.92 Å². The molecule has 1 aliphatic carbocycles. The Morgan fingerprint density at radius 1 is 0.966 bits per heavy atom. The number of piperazine rings is 1. The molecule has 2 aliphatic rings. The average Bonchev–Trinajstić information content (AvgIpc) is 3.54. The highest BCUT2D eigenvalue weighted by atomic mass is 35.5. The number of rotatable bonds is 5. The predicted octanol–water partition coefficient (Wildman–Crippen LogP) is 3.85. The summed E-state index contributed by atoms with van der Waals surface area (Å²) in [4.78, 5) is 28.8. The minimum absolute atomic E-state index is 0.0787. The molecule has 1 aliphatic heterocycles. The SMILES string of the molecule is O=C(COc1ccc(Cl)cc1Cl)N1CCN(C(=O)C2CC2c2ccccc2)CC1. The molecule has 1 saturated heterocycles. The Labute approximate surface area is 180 Å². The number of benzene rings is 2. The Balaban J connectivity index is 1.24. The van der Waals surface area contributed by atoms with Crippen molar-refractivity contribution in [2.75, 3.05) is 32.8 Å². The lowest BCUT2D eigenvalue weighted by Gasteiger charge is -2.35. The first-order valence-corrected chi connectivity index (χ1v) is 10.5. The van der Waals surface area contributed by atoms with Crippen LogP contribution in [0.25, 0.3) is 0 Å². The number of nitrogens with zero attached hydrogens (tertiary/aromatic N) is 2. The van der Waals surface area contributed by atoms with E-state index in [0.29, 0.717) is 47.9 Å². The molecule has 0 N–H and O–H groups in total. The molecule has 5 nitrogen and oxygen atoms in total. The molecule has 0 aromatic heterocycles. The van der Waals surface area contributed by atoms with Gasteiger partial charge in [-0.3, -0.25) is 9.59 Å². The Morgan fingerprint density at radius 2 is 1.66 bits per heavy atom. The summed E-state index contributed by atoms with van der Waals surface area (Å²) < 4.78 is 5.53. The highest BCUT2D eigenvalue weighted by Gasteiger charge is 2.46. The van der Waals surface area contributed by atoms with Gasteiger partial charge < -0.3 is 14.5 Å². The summed E-state index contributed by atoms with van der Waals surface area (Å²) in [5.41, 5.74) is 1.23. The molecule has 0 spiro atoms. The zero-order chi connectivity index (χ0) is 20.4. The van der Waals surface area contributed by atoms with E-state index < -0.39 is 0 Å². The first-order chi connectivity index (χ1) is 14.0. The van der Waals surface area contributed by atoms with E-state index in [-0.39, 0.29) is 24.3 Å². The number of hydrogen-bond acceptors (Lipinski definition) is 3. The highest BCUT2D eigenvalue weighted by molar-refractivity contribution is 6.35. The first kappa shape index (κ1) is 20.0. The number of amides is 2. The van der Waals surface area contributed by atoms with Crippen LogP contribution < -0.4 is 4.74 Å². The molecule has 1 saturated carbocycles. The van der Waals surface area contributed by atoms with Crippen molar-refractivity contribution in [2.45, 2.75) is 12.3 Å². The summed E-state index contributed by atoms with van der Waals surface area (Å²) >= 11 is 11.9. The summed E-state index contributed by atoms with van der Waals surface area (Å²) in [7, 11) is 0. The minimum atomic E-state index is -0.114. The maximum Gasteiger partial charge on any atom is 0.260 e. The van der Waals surface area contributed by atoms with Gasteiger partial charge in [-0.2, -0.15) is 0 Å². The van der Waals surface area contributed by atoms with Crippen LogP contribution in [0.3, 0.4) is 0 Å². The van der Waals surface area contributed by atoms with Gasteiger partial charge in [-0.05, 0) is 36.1 Å². The predicted molar refractivity (Wildman–Crippen MR) is 112 cm³/mol. The second kappa shape index (κ2) is 8.64. The quantitative estimate of drug-likeness (QED) is 0.720. The standard InChI is InChI=1S/C22H22Cl2N2O3/c23-16-6-7-20(19(24)12-16)29-14-21(27)25-8-10-26(11-9-25)22(28)18-13-17(18)15-4-2-1-3-5-15/h1-7,12,17-18H,8-11,13-14H2. The van der Waals surface area contributed by atoms with E-state index in [1.807, 2.05) is 23.1 Å². The van der Waals surface area contributed by atoms with E-state index >= 15 is 0 Å². The lowest BCUT2D eigenvalue weighted by Crippen LogP contribution is -2.52. The van der Waals surface area contributed by atoms with E-state index in [2.05, 4.69) is 12.1 Å². The molecule has 2 fully saturated rings. The minimum Gasteiger partial charge on any atom is -0.482 e. The molecule has 2 amide bonds. The summed E-state index contributed by atoms with van der Waals surface area (Å²) in [5.74, 6) is 0.932. The van der Waals surface area contributed by atoms with Crippen LogP contribution in [0, 0.1) is 5.92 Å². The van der Waals surface area contributed by atoms with Crippen LogP contribution in [0.4, 0.5) is 0 Å². The topological polar surface area (TPSA) is 49.9 Å². The van der Waals surface area contributed by atoms with Gasteiger partial charge in [-0.15, -0.1) is 0 Å². The summed E-state index contributed by atoms with van der Waals surface area (Å²) in [6.07, 6.45) is 0.914. The third-order valence-electron chi connectivity index (χ3n) is 5.52. The molecule has 152 valence electrons. The smallest absolute Gasteiger partial charge is 0.260 e. The van der Waals surface area contributed by atoms with E-state index in [1.54, 1.807) is 23.1 Å². The van der Waals surface area contributed by atoms with Crippen LogP contribution in [0.2, 0.25) is 10.0 Å². The Morgan fingerprint density at radius 3 is 2.34 bits per heavy atom. The van der Waals surface area contributed by atoms with E-state index in [4.69, 9.17) is 27.9 Å². The van der Waals surface area contributed by atoms with Crippen molar-refractivity contribution in [3.63, 3.8) is 0 Å². The van der Waals surface area contributed by atoms with Crippen LogP contribution in [0.1, 0.15) is 17.9 Å². The monoisotopic (exact) mass is 432 g/mol. The molecule has 0 bridgehead atoms. The summed E-state index contributed by atoms with van der Waals surface area (Å²) in [6, 6.07) is 15.1. The molecule has 2 atom stereocenters. The van der Waals surface area contributed by atoms with Crippen LogP contribution in [0.5, 0.6) is 5.75 Å². The molecule has 1 heterocycles. The largest absolute Gasteiger partial charge is 0.482 e. The molecule has 2 aromatic carbocycles. The fourth-order valence-corrected chi connectivity index (χ4v) is 4.23. The van der Waals surface area contributed by atoms with Gasteiger partial charge in [0.25, 0.3) is 5.91 Å². The molecule has 2 unspecified atom stereocenters. The van der Waals surface area contributed by atoms with Crippen molar-refractivity contribution in [3.8, 4) is 5.75 Å².